The Balaban J connectivity index is 1.25. The van der Waals surface area contributed by atoms with Crippen molar-refractivity contribution >= 4 is 23.5 Å². The number of furan rings is 1. The maximum atomic E-state index is 12.6. The predicted octanol–water partition coefficient (Wildman–Crippen LogP) is 4.34. The van der Waals surface area contributed by atoms with Crippen molar-refractivity contribution in [1.82, 2.24) is 15.5 Å². The zero-order valence-corrected chi connectivity index (χ0v) is 17.6. The number of carbonyl (C=O) groups excluding carboxylic acids is 1. The van der Waals surface area contributed by atoms with Crippen LogP contribution in [-0.4, -0.2) is 35.2 Å². The van der Waals surface area contributed by atoms with E-state index in [2.05, 4.69) is 15.5 Å². The standard InChI is InChI=1S/C22H25ClN4O3/c1-15(4-9-19-3-2-14-29-19)24-21(28)17-10-12-27(13-11-17)22-25-20(26-30-22)16-5-7-18(23)8-6-16/h2-3,5-8,14-15,17H,4,9-13H2,1H3,(H,24,28). The van der Waals surface area contributed by atoms with E-state index in [-0.39, 0.29) is 17.9 Å². The lowest BCUT2D eigenvalue weighted by molar-refractivity contribution is -0.126. The third-order valence-electron chi connectivity index (χ3n) is 5.45. The number of nitrogens with zero attached hydrogens (tertiary/aromatic N) is 3. The number of hydrogen-bond donors (Lipinski definition) is 1. The van der Waals surface area contributed by atoms with Crippen LogP contribution in [0.4, 0.5) is 6.01 Å². The molecule has 0 bridgehead atoms. The molecule has 4 rings (SSSR count). The molecule has 0 aliphatic carbocycles. The molecule has 1 saturated heterocycles. The second kappa shape index (κ2) is 9.34. The normalized spacial score (nSPS) is 15.9. The molecule has 1 aromatic carbocycles. The average Bonchev–Trinajstić information content (AvgIpc) is 3.45. The van der Waals surface area contributed by atoms with Crippen molar-refractivity contribution in [1.29, 1.82) is 0 Å². The molecule has 1 N–H and O–H groups in total. The molecule has 3 heterocycles. The maximum Gasteiger partial charge on any atom is 0.324 e. The van der Waals surface area contributed by atoms with Gasteiger partial charge in [-0.05, 0) is 62.6 Å². The highest BCUT2D eigenvalue weighted by Crippen LogP contribution is 2.25. The largest absolute Gasteiger partial charge is 0.469 e. The molecule has 3 aromatic rings. The first kappa shape index (κ1) is 20.5. The predicted molar refractivity (Wildman–Crippen MR) is 114 cm³/mol. The number of rotatable bonds is 7. The van der Waals surface area contributed by atoms with Crippen molar-refractivity contribution < 1.29 is 13.7 Å². The monoisotopic (exact) mass is 428 g/mol. The van der Waals surface area contributed by atoms with Crippen molar-refractivity contribution in [3.8, 4) is 11.4 Å². The van der Waals surface area contributed by atoms with Crippen LogP contribution < -0.4 is 10.2 Å². The minimum atomic E-state index is 0.00553. The van der Waals surface area contributed by atoms with Gasteiger partial charge in [0.25, 0.3) is 0 Å². The minimum absolute atomic E-state index is 0.00553. The van der Waals surface area contributed by atoms with E-state index in [1.807, 2.05) is 36.1 Å². The van der Waals surface area contributed by atoms with Crippen molar-refractivity contribution in [2.75, 3.05) is 18.0 Å². The summed E-state index contributed by atoms with van der Waals surface area (Å²) in [7, 11) is 0. The summed E-state index contributed by atoms with van der Waals surface area (Å²) >= 11 is 5.93. The van der Waals surface area contributed by atoms with E-state index in [0.29, 0.717) is 30.0 Å². The highest BCUT2D eigenvalue weighted by Gasteiger charge is 2.28. The van der Waals surface area contributed by atoms with Crippen LogP contribution >= 0.6 is 11.6 Å². The summed E-state index contributed by atoms with van der Waals surface area (Å²) in [5.74, 6) is 1.61. The molecule has 1 aliphatic heterocycles. The highest BCUT2D eigenvalue weighted by molar-refractivity contribution is 6.30. The van der Waals surface area contributed by atoms with Crippen LogP contribution in [0, 0.1) is 5.92 Å². The van der Waals surface area contributed by atoms with Gasteiger partial charge < -0.3 is 19.2 Å². The lowest BCUT2D eigenvalue weighted by Gasteiger charge is -2.30. The molecule has 0 radical (unpaired) electrons. The number of benzene rings is 1. The van der Waals surface area contributed by atoms with Crippen molar-refractivity contribution in [3.63, 3.8) is 0 Å². The molecule has 30 heavy (non-hydrogen) atoms. The molecule has 1 fully saturated rings. The van der Waals surface area contributed by atoms with Crippen molar-refractivity contribution in [2.45, 2.75) is 38.6 Å². The zero-order chi connectivity index (χ0) is 20.9. The fourth-order valence-corrected chi connectivity index (χ4v) is 3.77. The average molecular weight is 429 g/mol. The van der Waals surface area contributed by atoms with Gasteiger partial charge in [-0.3, -0.25) is 4.79 Å². The van der Waals surface area contributed by atoms with E-state index < -0.39 is 0 Å². The number of aryl methyl sites for hydroxylation is 1. The van der Waals surface area contributed by atoms with Gasteiger partial charge in [-0.15, -0.1) is 0 Å². The van der Waals surface area contributed by atoms with Gasteiger partial charge in [0.05, 0.1) is 6.26 Å². The Bertz CT molecular complexity index is 947. The van der Waals surface area contributed by atoms with Gasteiger partial charge in [-0.25, -0.2) is 0 Å². The number of nitrogens with one attached hydrogen (secondary N) is 1. The third-order valence-corrected chi connectivity index (χ3v) is 5.70. The van der Waals surface area contributed by atoms with Crippen LogP contribution in [0.2, 0.25) is 5.02 Å². The smallest absolute Gasteiger partial charge is 0.324 e. The summed E-state index contributed by atoms with van der Waals surface area (Å²) < 4.78 is 10.8. The van der Waals surface area contributed by atoms with Crippen LogP contribution in [0.1, 0.15) is 31.9 Å². The molecule has 1 amide bonds. The molecule has 1 aliphatic rings. The van der Waals surface area contributed by atoms with E-state index >= 15 is 0 Å². The van der Waals surface area contributed by atoms with Gasteiger partial charge in [0.15, 0.2) is 0 Å². The molecular weight excluding hydrogens is 404 g/mol. The van der Waals surface area contributed by atoms with E-state index in [1.165, 1.54) is 0 Å². The quantitative estimate of drug-likeness (QED) is 0.602. The number of amides is 1. The topological polar surface area (TPSA) is 84.4 Å². The molecule has 8 heteroatoms. The summed E-state index contributed by atoms with van der Waals surface area (Å²) in [6.07, 6.45) is 4.87. The number of hydrogen-bond acceptors (Lipinski definition) is 6. The highest BCUT2D eigenvalue weighted by atomic mass is 35.5. The number of aromatic nitrogens is 2. The lowest BCUT2D eigenvalue weighted by Crippen LogP contribution is -2.43. The first-order valence-electron chi connectivity index (χ1n) is 10.3. The first-order valence-corrected chi connectivity index (χ1v) is 10.6. The van der Waals surface area contributed by atoms with E-state index in [4.69, 9.17) is 20.5 Å². The van der Waals surface area contributed by atoms with Crippen molar-refractivity contribution in [2.24, 2.45) is 5.92 Å². The number of halogens is 1. The minimum Gasteiger partial charge on any atom is -0.469 e. The third kappa shape index (κ3) is 5.02. The van der Waals surface area contributed by atoms with Crippen molar-refractivity contribution in [3.05, 3.63) is 53.4 Å². The van der Waals surface area contributed by atoms with Crippen LogP contribution in [0.5, 0.6) is 0 Å². The Kier molecular flexibility index (Phi) is 6.38. The number of piperidine rings is 1. The molecule has 0 spiro atoms. The van der Waals surface area contributed by atoms with Gasteiger partial charge in [0.1, 0.15) is 5.76 Å². The van der Waals surface area contributed by atoms with Gasteiger partial charge >= 0.3 is 6.01 Å². The SMILES string of the molecule is CC(CCc1ccco1)NC(=O)C1CCN(c2nc(-c3ccc(Cl)cc3)no2)CC1. The Hall–Kier alpha value is -2.80. The maximum absolute atomic E-state index is 12.6. The molecule has 0 saturated carbocycles. The fraction of sp³-hybridized carbons (Fsp3) is 0.409. The molecule has 1 atom stereocenters. The van der Waals surface area contributed by atoms with Crippen LogP contribution in [0.25, 0.3) is 11.4 Å². The first-order chi connectivity index (χ1) is 14.6. The van der Waals surface area contributed by atoms with E-state index in [0.717, 1.165) is 37.0 Å². The van der Waals surface area contributed by atoms with Gasteiger partial charge in [0.2, 0.25) is 11.7 Å². The summed E-state index contributed by atoms with van der Waals surface area (Å²) in [6, 6.07) is 11.8. The zero-order valence-electron chi connectivity index (χ0n) is 16.9. The van der Waals surface area contributed by atoms with E-state index in [1.54, 1.807) is 18.4 Å². The summed E-state index contributed by atoms with van der Waals surface area (Å²) in [5, 5.41) is 7.87. The second-order valence-corrected chi connectivity index (χ2v) is 8.13. The van der Waals surface area contributed by atoms with Crippen LogP contribution in [0.3, 0.4) is 0 Å². The summed E-state index contributed by atoms with van der Waals surface area (Å²) in [6.45, 7) is 3.45. The van der Waals surface area contributed by atoms with Gasteiger partial charge in [-0.2, -0.15) is 4.98 Å². The molecule has 7 nitrogen and oxygen atoms in total. The van der Waals surface area contributed by atoms with Crippen LogP contribution in [-0.2, 0) is 11.2 Å². The summed E-state index contributed by atoms with van der Waals surface area (Å²) in [4.78, 5) is 19.1. The fourth-order valence-electron chi connectivity index (χ4n) is 3.64. The summed E-state index contributed by atoms with van der Waals surface area (Å²) in [5.41, 5.74) is 0.854. The lowest BCUT2D eigenvalue weighted by atomic mass is 9.95. The second-order valence-electron chi connectivity index (χ2n) is 7.70. The van der Waals surface area contributed by atoms with Gasteiger partial charge in [-0.1, -0.05) is 16.8 Å². The number of carbonyl (C=O) groups is 1. The Morgan fingerprint density at radius 2 is 2.03 bits per heavy atom. The number of anilines is 1. The van der Waals surface area contributed by atoms with Gasteiger partial charge in [0, 0.05) is 42.1 Å². The van der Waals surface area contributed by atoms with Crippen LogP contribution in [0.15, 0.2) is 51.6 Å². The molecular formula is C22H25ClN4O3. The van der Waals surface area contributed by atoms with E-state index in [9.17, 15) is 4.79 Å². The Morgan fingerprint density at radius 1 is 1.27 bits per heavy atom. The molecule has 2 aromatic heterocycles. The Labute approximate surface area is 180 Å². The molecule has 158 valence electrons. The Morgan fingerprint density at radius 3 is 2.73 bits per heavy atom. The molecule has 1 unspecified atom stereocenters.